The van der Waals surface area contributed by atoms with Crippen LogP contribution in [0.4, 0.5) is 14.4 Å². The lowest BCUT2D eigenvalue weighted by Gasteiger charge is -2.23. The Labute approximate surface area is 712 Å². The second-order valence-corrected chi connectivity index (χ2v) is 31.4. The molecule has 4 aromatic rings. The van der Waals surface area contributed by atoms with E-state index in [4.69, 9.17) is 121 Å². The van der Waals surface area contributed by atoms with Gasteiger partial charge >= 0.3 is 41.4 Å². The number of aryl methyl sites for hydroxylation is 5. The third kappa shape index (κ3) is 53.8. The maximum absolute atomic E-state index is 12.2. The average molecular weight is 1900 g/mol. The molecule has 0 saturated heterocycles. The molecule has 0 heterocycles. The molecule has 3 radical (unpaired) electrons. The summed E-state index contributed by atoms with van der Waals surface area (Å²) >= 11 is 43.0. The Bertz CT molecular complexity index is 3440. The first-order valence-electron chi connectivity index (χ1n) is 34.4. The molecular formula is C73H104B3Cl7I2N7O18. The van der Waals surface area contributed by atoms with Crippen molar-refractivity contribution in [3.8, 4) is 23.0 Å². The summed E-state index contributed by atoms with van der Waals surface area (Å²) in [6.45, 7) is 25.5. The van der Waals surface area contributed by atoms with E-state index in [2.05, 4.69) is 60.9 Å². The lowest BCUT2D eigenvalue weighted by Crippen LogP contribution is -2.38. The first-order chi connectivity index (χ1) is 51.5. The van der Waals surface area contributed by atoms with Crippen LogP contribution in [0.25, 0.3) is 0 Å². The summed E-state index contributed by atoms with van der Waals surface area (Å²) in [5, 5.41) is 35.8. The summed E-state index contributed by atoms with van der Waals surface area (Å²) in [6.07, 6.45) is 3.10. The number of carboxylic acid groups (broad SMARTS) is 1. The molecular weight excluding hydrogens is 1800 g/mol. The number of ether oxygens (including phenoxy) is 5. The monoisotopic (exact) mass is 1900 g/mol. The quantitative estimate of drug-likeness (QED) is 0.00322. The largest absolute Gasteiger partial charge is 0.508 e. The number of benzene rings is 4. The van der Waals surface area contributed by atoms with Gasteiger partial charge in [-0.05, 0) is 226 Å². The molecule has 0 aromatic heterocycles. The fourth-order valence-corrected chi connectivity index (χ4v) is 11.3. The smallest absolute Gasteiger partial charge is 0.416 e. The number of aliphatic carboxylic acids is 1. The summed E-state index contributed by atoms with van der Waals surface area (Å²) in [4.78, 5) is 116. The molecule has 0 fully saturated rings. The summed E-state index contributed by atoms with van der Waals surface area (Å²) in [7, 11) is 3.83. The molecule has 0 bridgehead atoms. The summed E-state index contributed by atoms with van der Waals surface area (Å²) in [6, 6.07) is 19.9. The third-order valence-electron chi connectivity index (χ3n) is 13.9. The Balaban J connectivity index is 0. The Hall–Kier alpha value is -5.10. The zero-order valence-corrected chi connectivity index (χ0v) is 74.0. The molecule has 110 heavy (non-hydrogen) atoms. The number of phenols is 2. The number of aromatic hydroxyl groups is 2. The Morgan fingerprint density at radius 1 is 0.527 bits per heavy atom. The molecule has 4 atom stereocenters. The number of alkyl halides is 7. The standard InChI is InChI=1S/C20H28BCl2N2O5.C17H25BNO4.C15H20Cl2N2O4.C9H16BINO3.C7H7IO.C5H8Cl3NO/c1-14-5-6-17(29-19(28)25(13-23)8-7-22)10-15(14)9-16(24-21-12-26)11-18(27)30-20(2,3)4;1-12-5-8-15(21)13(9-12)6-7-14(19-18-11-20)10-16(22)23-17(2,3)4;1-10-2-3-13(23-15(22)19(9-17)5-4-16)7-11(10)6-12(18)8-14(20)21;1-9(2,3)15-8(14)4-7(5-11)12-10-6-13;1-5-2-3-6(9)4-7(5)8;6-1-3-9(4-2-7)5(8)10/h5-6,10,12,16,24H,7-9,11,13H2,1-4H3;5,8-9,11,14,19,21H,6-7,10H2,1-4H3;2-3,7,12H,4-6,8-9,18H2,1H3,(H,20,21);6-7,12H,4-5H2,1-3H3;2-4,9H,1H3;1-4H2/t16-;14-;12-;7-;;/m1110../s1. The molecule has 0 spiro atoms. The van der Waals surface area contributed by atoms with E-state index in [-0.39, 0.29) is 104 Å². The highest BCUT2D eigenvalue weighted by Gasteiger charge is 2.25. The van der Waals surface area contributed by atoms with Crippen LogP contribution in [-0.2, 0) is 67.0 Å². The first-order valence-corrected chi connectivity index (χ1v) is 40.6. The SMILES string of the molecule is CC(C)(C)OC(=O)C[C@@H](CI)N[B]C=O.Cc1ccc(O)c(CC[C@H](CC(=O)OC(C)(C)C)N[B]C=O)c1.Cc1ccc(O)cc1I.Cc1ccc(OC(=O)N(CCl)CCCl)cc1C[C@@H](N)CC(=O)O.Cc1ccc(OC(=O)N(CCl)CCCl)cc1C[C@H](CC(=O)OC(C)(C)C)N[B]C=O.O=C(Cl)N(CCCl)CCCl. The molecule has 0 aliphatic carbocycles. The van der Waals surface area contributed by atoms with Crippen molar-refractivity contribution >= 4 is 209 Å². The lowest BCUT2D eigenvalue weighted by atomic mass is 9.91. The van der Waals surface area contributed by atoms with E-state index in [1.165, 1.54) is 42.5 Å². The number of amides is 3. The van der Waals surface area contributed by atoms with Crippen LogP contribution in [0.2, 0.25) is 0 Å². The van der Waals surface area contributed by atoms with Crippen molar-refractivity contribution in [2.24, 2.45) is 5.73 Å². The van der Waals surface area contributed by atoms with Gasteiger partial charge in [0.2, 0.25) is 0 Å². The summed E-state index contributed by atoms with van der Waals surface area (Å²) in [5.74, 6) is 0.648. The number of rotatable bonds is 37. The molecule has 0 unspecified atom stereocenters. The molecule has 0 aliphatic rings. The molecule has 37 heteroatoms. The number of nitrogens with one attached hydrogen (secondary N) is 3. The molecule has 4 aromatic carbocycles. The average Bonchev–Trinajstić information content (AvgIpc) is 0.856. The van der Waals surface area contributed by atoms with Gasteiger partial charge in [-0.25, -0.2) is 9.59 Å². The van der Waals surface area contributed by atoms with E-state index in [9.17, 15) is 53.1 Å². The normalized spacial score (nSPS) is 11.8. The minimum Gasteiger partial charge on any atom is -0.508 e. The summed E-state index contributed by atoms with van der Waals surface area (Å²) in [5.41, 5.74) is 10.9. The first kappa shape index (κ1) is 107. The number of phenolic OH excluding ortho intramolecular Hbond substituents is 2. The van der Waals surface area contributed by atoms with Crippen molar-refractivity contribution in [2.75, 3.05) is 66.1 Å². The van der Waals surface area contributed by atoms with Gasteiger partial charge in [0.15, 0.2) is 0 Å². The fraction of sp³-hybridized carbons (Fsp3) is 0.534. The van der Waals surface area contributed by atoms with Gasteiger partial charge in [0.05, 0.1) is 56.2 Å². The molecule has 611 valence electrons. The van der Waals surface area contributed by atoms with Gasteiger partial charge in [-0.15, -0.1) is 69.6 Å². The van der Waals surface area contributed by atoms with Crippen LogP contribution in [0.5, 0.6) is 23.0 Å². The Morgan fingerprint density at radius 3 is 1.29 bits per heavy atom. The molecule has 4 rings (SSSR count). The zero-order valence-electron chi connectivity index (χ0n) is 64.4. The van der Waals surface area contributed by atoms with Crippen LogP contribution in [0.3, 0.4) is 0 Å². The minimum absolute atomic E-state index is 0.0201. The van der Waals surface area contributed by atoms with Crippen molar-refractivity contribution in [2.45, 2.75) is 182 Å². The van der Waals surface area contributed by atoms with E-state index in [0.29, 0.717) is 86.3 Å². The highest BCUT2D eigenvalue weighted by atomic mass is 127. The molecule has 3 amide bonds. The van der Waals surface area contributed by atoms with Crippen LogP contribution in [-0.4, -0.2) is 219 Å². The van der Waals surface area contributed by atoms with Crippen LogP contribution in [0.15, 0.2) is 72.8 Å². The van der Waals surface area contributed by atoms with Crippen molar-refractivity contribution in [1.82, 2.24) is 30.4 Å². The third-order valence-corrected chi connectivity index (χ3v) is 17.7. The molecule has 8 N–H and O–H groups in total. The lowest BCUT2D eigenvalue weighted by molar-refractivity contribution is -0.156. The van der Waals surface area contributed by atoms with Gasteiger partial charge in [-0.3, -0.25) is 33.8 Å². The maximum atomic E-state index is 12.2. The number of carbonyl (C=O) groups excluding carboxylic acids is 9. The topological polar surface area (TPSA) is 349 Å². The Morgan fingerprint density at radius 2 is 0.918 bits per heavy atom. The number of nitrogens with zero attached hydrogens (tertiary/aromatic N) is 3. The molecule has 0 saturated carbocycles. The van der Waals surface area contributed by atoms with Crippen LogP contribution in [0, 0.1) is 31.3 Å². The number of esters is 3. The van der Waals surface area contributed by atoms with Crippen LogP contribution in [0.1, 0.15) is 133 Å². The zero-order chi connectivity index (χ0) is 84.3. The Kier molecular flexibility index (Phi) is 57.9. The van der Waals surface area contributed by atoms with Gasteiger partial charge in [-0.2, -0.15) is 0 Å². The number of hydrogen-bond acceptors (Lipinski definition) is 21. The van der Waals surface area contributed by atoms with Crippen molar-refractivity contribution in [1.29, 1.82) is 0 Å². The number of carbonyl (C=O) groups is 10. The minimum atomic E-state index is -0.948. The molecule has 0 aliphatic heterocycles. The predicted molar refractivity (Wildman–Crippen MR) is 458 cm³/mol. The van der Waals surface area contributed by atoms with E-state index >= 15 is 0 Å². The van der Waals surface area contributed by atoms with Crippen LogP contribution >= 0.6 is 126 Å². The maximum Gasteiger partial charge on any atom is 0.416 e. The van der Waals surface area contributed by atoms with Gasteiger partial charge in [0, 0.05) is 81.9 Å². The number of carboxylic acids is 1. The highest BCUT2D eigenvalue weighted by molar-refractivity contribution is 14.1. The van der Waals surface area contributed by atoms with Crippen molar-refractivity contribution in [3.63, 3.8) is 0 Å². The van der Waals surface area contributed by atoms with E-state index < -0.39 is 46.4 Å². The number of hydrogen-bond donors (Lipinski definition) is 7. The van der Waals surface area contributed by atoms with E-state index in [1.807, 2.05) is 93.5 Å². The van der Waals surface area contributed by atoms with Gasteiger partial charge < -0.3 is 79.7 Å². The number of nitrogens with two attached hydrogens (primary N) is 1. The second-order valence-electron chi connectivity index (χ2n) is 27.1. The fourth-order valence-electron chi connectivity index (χ4n) is 8.83. The predicted octanol–water partition coefficient (Wildman–Crippen LogP) is 13.3. The molecule has 25 nitrogen and oxygen atoms in total. The van der Waals surface area contributed by atoms with Crippen LogP contribution < -0.4 is 30.9 Å². The van der Waals surface area contributed by atoms with Gasteiger partial charge in [0.1, 0.15) is 39.8 Å². The number of halogens is 9. The summed E-state index contributed by atoms with van der Waals surface area (Å²) < 4.78 is 28.4. The van der Waals surface area contributed by atoms with Crippen molar-refractivity contribution < 1.29 is 86.9 Å². The van der Waals surface area contributed by atoms with E-state index in [1.54, 1.807) is 69.3 Å². The van der Waals surface area contributed by atoms with Gasteiger partial charge in [-0.1, -0.05) is 58.5 Å². The van der Waals surface area contributed by atoms with E-state index in [0.717, 1.165) is 41.4 Å². The highest BCUT2D eigenvalue weighted by Crippen LogP contribution is 2.25. The van der Waals surface area contributed by atoms with Gasteiger partial charge in [0.25, 0.3) is 22.2 Å². The second kappa shape index (κ2) is 59.6. The van der Waals surface area contributed by atoms with Crippen molar-refractivity contribution in [3.05, 3.63) is 115 Å².